The highest BCUT2D eigenvalue weighted by molar-refractivity contribution is 5.82. The molecule has 0 heterocycles. The van der Waals surface area contributed by atoms with Crippen molar-refractivity contribution in [3.05, 3.63) is 0 Å². The minimum Gasteiger partial charge on any atom is -0.465 e. The number of ether oxygens (including phenoxy) is 1. The Morgan fingerprint density at radius 1 is 1.25 bits per heavy atom. The third-order valence-electron chi connectivity index (χ3n) is 2.05. The quantitative estimate of drug-likeness (QED) is 0.626. The molecule has 0 atom stereocenters. The van der Waals surface area contributed by atoms with Gasteiger partial charge in [-0.25, -0.2) is 0 Å². The highest BCUT2D eigenvalue weighted by atomic mass is 16.5. The predicted octanol–water partition coefficient (Wildman–Crippen LogP) is 1.83. The lowest BCUT2D eigenvalue weighted by Gasteiger charge is -2.21. The van der Waals surface area contributed by atoms with E-state index in [4.69, 9.17) is 4.74 Å². The van der Waals surface area contributed by atoms with Crippen molar-refractivity contribution in [1.29, 1.82) is 0 Å². The minimum atomic E-state index is -0.326. The molecule has 0 aliphatic heterocycles. The van der Waals surface area contributed by atoms with Crippen molar-refractivity contribution in [2.75, 3.05) is 19.7 Å². The Labute approximate surface area is 98.0 Å². The number of hydrogen-bond acceptors (Lipinski definition) is 3. The van der Waals surface area contributed by atoms with Crippen molar-refractivity contribution in [2.45, 2.75) is 40.5 Å². The van der Waals surface area contributed by atoms with Crippen molar-refractivity contribution in [3.8, 4) is 0 Å². The zero-order valence-electron chi connectivity index (χ0n) is 10.8. The number of nitrogens with zero attached hydrogens (tertiary/aromatic N) is 1. The third kappa shape index (κ3) is 6.43. The van der Waals surface area contributed by atoms with Gasteiger partial charge in [-0.3, -0.25) is 9.59 Å². The molecule has 0 rings (SSSR count). The molecule has 16 heavy (non-hydrogen) atoms. The van der Waals surface area contributed by atoms with E-state index in [1.165, 1.54) is 0 Å². The fourth-order valence-electron chi connectivity index (χ4n) is 1.40. The number of carbonyl (C=O) groups excluding carboxylic acids is 2. The molecule has 4 nitrogen and oxygen atoms in total. The van der Waals surface area contributed by atoms with Gasteiger partial charge in [-0.1, -0.05) is 20.8 Å². The molecule has 94 valence electrons. The maximum Gasteiger partial charge on any atom is 0.325 e. The molecule has 0 aromatic carbocycles. The van der Waals surface area contributed by atoms with Crippen LogP contribution in [0, 0.1) is 5.92 Å². The molecule has 0 aromatic heterocycles. The fourth-order valence-corrected chi connectivity index (χ4v) is 1.40. The normalized spacial score (nSPS) is 10.3. The second kappa shape index (κ2) is 8.13. The largest absolute Gasteiger partial charge is 0.465 e. The first-order valence-corrected chi connectivity index (χ1v) is 5.94. The van der Waals surface area contributed by atoms with E-state index in [0.717, 1.165) is 6.42 Å². The van der Waals surface area contributed by atoms with E-state index in [9.17, 15) is 9.59 Å². The van der Waals surface area contributed by atoms with Gasteiger partial charge in [0.25, 0.3) is 0 Å². The smallest absolute Gasteiger partial charge is 0.325 e. The van der Waals surface area contributed by atoms with Crippen molar-refractivity contribution in [2.24, 2.45) is 5.92 Å². The Morgan fingerprint density at radius 3 is 2.31 bits per heavy atom. The standard InChI is InChI=1S/C12H23NO3/c1-5-7-13(9-12(15)16-6-2)11(14)8-10(3)4/h10H,5-9H2,1-4H3. The molecule has 0 unspecified atom stereocenters. The average molecular weight is 229 g/mol. The first kappa shape index (κ1) is 14.9. The van der Waals surface area contributed by atoms with Crippen LogP contribution in [0.25, 0.3) is 0 Å². The summed E-state index contributed by atoms with van der Waals surface area (Å²) in [7, 11) is 0. The number of hydrogen-bond donors (Lipinski definition) is 0. The zero-order chi connectivity index (χ0) is 12.6. The van der Waals surface area contributed by atoms with Crippen LogP contribution in [0.5, 0.6) is 0 Å². The molecule has 0 saturated heterocycles. The lowest BCUT2D eigenvalue weighted by atomic mass is 10.1. The van der Waals surface area contributed by atoms with Gasteiger partial charge in [-0.05, 0) is 19.3 Å². The van der Waals surface area contributed by atoms with Gasteiger partial charge in [0.2, 0.25) is 5.91 Å². The summed E-state index contributed by atoms with van der Waals surface area (Å²) in [6.07, 6.45) is 1.34. The summed E-state index contributed by atoms with van der Waals surface area (Å²) >= 11 is 0. The van der Waals surface area contributed by atoms with Crippen LogP contribution >= 0.6 is 0 Å². The minimum absolute atomic E-state index is 0.0323. The Balaban J connectivity index is 4.25. The Morgan fingerprint density at radius 2 is 1.88 bits per heavy atom. The van der Waals surface area contributed by atoms with Crippen LogP contribution in [0.2, 0.25) is 0 Å². The van der Waals surface area contributed by atoms with Gasteiger partial charge in [0.15, 0.2) is 0 Å². The molecule has 1 amide bonds. The van der Waals surface area contributed by atoms with Crippen LogP contribution in [-0.4, -0.2) is 36.5 Å². The fraction of sp³-hybridized carbons (Fsp3) is 0.833. The SMILES string of the molecule is CCCN(CC(=O)OCC)C(=O)CC(C)C. The van der Waals surface area contributed by atoms with Crippen molar-refractivity contribution >= 4 is 11.9 Å². The van der Waals surface area contributed by atoms with E-state index in [1.807, 2.05) is 20.8 Å². The monoisotopic (exact) mass is 229 g/mol. The Kier molecular flexibility index (Phi) is 7.60. The van der Waals surface area contributed by atoms with Gasteiger partial charge >= 0.3 is 5.97 Å². The van der Waals surface area contributed by atoms with Crippen LogP contribution in [0.3, 0.4) is 0 Å². The maximum atomic E-state index is 11.8. The van der Waals surface area contributed by atoms with Gasteiger partial charge in [0.1, 0.15) is 6.54 Å². The number of carbonyl (C=O) groups is 2. The molecular weight excluding hydrogens is 206 g/mol. The van der Waals surface area contributed by atoms with Gasteiger partial charge < -0.3 is 9.64 Å². The lowest BCUT2D eigenvalue weighted by Crippen LogP contribution is -2.37. The molecule has 0 fully saturated rings. The van der Waals surface area contributed by atoms with Gasteiger partial charge in [-0.2, -0.15) is 0 Å². The molecule has 0 radical (unpaired) electrons. The second-order valence-corrected chi connectivity index (χ2v) is 4.22. The Hall–Kier alpha value is -1.06. The van der Waals surface area contributed by atoms with Crippen LogP contribution in [0.1, 0.15) is 40.5 Å². The number of rotatable bonds is 7. The molecule has 0 bridgehead atoms. The summed E-state index contributed by atoms with van der Waals surface area (Å²) in [6.45, 7) is 8.78. The van der Waals surface area contributed by atoms with E-state index in [0.29, 0.717) is 25.5 Å². The summed E-state index contributed by atoms with van der Waals surface area (Å²) < 4.78 is 4.84. The maximum absolute atomic E-state index is 11.8. The number of amides is 1. The molecule has 0 aliphatic rings. The first-order valence-electron chi connectivity index (χ1n) is 5.94. The molecule has 4 heteroatoms. The summed E-state index contributed by atoms with van der Waals surface area (Å²) in [5.74, 6) is 0.0204. The molecule has 0 aromatic rings. The van der Waals surface area contributed by atoms with Gasteiger partial charge in [0, 0.05) is 13.0 Å². The van der Waals surface area contributed by atoms with E-state index >= 15 is 0 Å². The molecule has 0 aliphatic carbocycles. The zero-order valence-corrected chi connectivity index (χ0v) is 10.8. The Bertz CT molecular complexity index is 226. The van der Waals surface area contributed by atoms with Crippen LogP contribution in [-0.2, 0) is 14.3 Å². The second-order valence-electron chi connectivity index (χ2n) is 4.22. The topological polar surface area (TPSA) is 46.6 Å². The third-order valence-corrected chi connectivity index (χ3v) is 2.05. The number of esters is 1. The summed E-state index contributed by atoms with van der Waals surface area (Å²) in [5.41, 5.74) is 0. The van der Waals surface area contributed by atoms with E-state index in [-0.39, 0.29) is 18.4 Å². The van der Waals surface area contributed by atoms with E-state index < -0.39 is 0 Å². The summed E-state index contributed by atoms with van der Waals surface area (Å²) in [6, 6.07) is 0. The van der Waals surface area contributed by atoms with Crippen molar-refractivity contribution in [1.82, 2.24) is 4.90 Å². The van der Waals surface area contributed by atoms with Crippen molar-refractivity contribution in [3.63, 3.8) is 0 Å². The highest BCUT2D eigenvalue weighted by Crippen LogP contribution is 2.05. The summed E-state index contributed by atoms with van der Waals surface area (Å²) in [4.78, 5) is 24.7. The molecule has 0 spiro atoms. The van der Waals surface area contributed by atoms with Crippen LogP contribution in [0.15, 0.2) is 0 Å². The molecule has 0 saturated carbocycles. The molecule has 0 N–H and O–H groups in total. The van der Waals surface area contributed by atoms with E-state index in [1.54, 1.807) is 11.8 Å². The molecular formula is C12H23NO3. The highest BCUT2D eigenvalue weighted by Gasteiger charge is 2.17. The van der Waals surface area contributed by atoms with Gasteiger partial charge in [0.05, 0.1) is 6.61 Å². The first-order chi connectivity index (χ1) is 7.51. The van der Waals surface area contributed by atoms with Crippen LogP contribution in [0.4, 0.5) is 0 Å². The average Bonchev–Trinajstić information content (AvgIpc) is 2.16. The lowest BCUT2D eigenvalue weighted by molar-refractivity contribution is -0.149. The predicted molar refractivity (Wildman–Crippen MR) is 63.0 cm³/mol. The van der Waals surface area contributed by atoms with Crippen LogP contribution < -0.4 is 0 Å². The van der Waals surface area contributed by atoms with E-state index in [2.05, 4.69) is 0 Å². The van der Waals surface area contributed by atoms with Gasteiger partial charge in [-0.15, -0.1) is 0 Å². The van der Waals surface area contributed by atoms with Crippen molar-refractivity contribution < 1.29 is 14.3 Å². The summed E-state index contributed by atoms with van der Waals surface area (Å²) in [5, 5.41) is 0.